The predicted octanol–water partition coefficient (Wildman–Crippen LogP) is 2.05. The van der Waals surface area contributed by atoms with Gasteiger partial charge in [-0.15, -0.1) is 0 Å². The van der Waals surface area contributed by atoms with Crippen molar-refractivity contribution in [3.05, 3.63) is 36.2 Å². The third-order valence-corrected chi connectivity index (χ3v) is 3.42. The van der Waals surface area contributed by atoms with Gasteiger partial charge in [0.15, 0.2) is 5.82 Å². The third kappa shape index (κ3) is 3.43. The number of nitrogens with zero attached hydrogens (tertiary/aromatic N) is 2. The summed E-state index contributed by atoms with van der Waals surface area (Å²) in [5.74, 6) is 1.27. The van der Waals surface area contributed by atoms with Crippen LogP contribution in [0.1, 0.15) is 18.7 Å². The second kappa shape index (κ2) is 6.63. The summed E-state index contributed by atoms with van der Waals surface area (Å²) < 4.78 is 11.1. The van der Waals surface area contributed by atoms with Gasteiger partial charge in [0.25, 0.3) is 5.89 Å². The van der Waals surface area contributed by atoms with Gasteiger partial charge in [-0.3, -0.25) is 0 Å². The highest BCUT2D eigenvalue weighted by molar-refractivity contribution is 5.51. The lowest BCUT2D eigenvalue weighted by atomic mass is 10.1. The van der Waals surface area contributed by atoms with Crippen molar-refractivity contribution < 1.29 is 9.26 Å². The fourth-order valence-electron chi connectivity index (χ4n) is 2.33. The standard InChI is InChI=1S/C15H19N3O2/c1-2-5-12(6-3-1)15-17-14(18-20-15)8-10-19-13-7-4-9-16-11-13/h1-3,5-6,13,16H,4,7-11H2. The van der Waals surface area contributed by atoms with Crippen LogP contribution in [0.3, 0.4) is 0 Å². The van der Waals surface area contributed by atoms with Crippen molar-refractivity contribution in [3.8, 4) is 11.5 Å². The minimum Gasteiger partial charge on any atom is -0.376 e. The quantitative estimate of drug-likeness (QED) is 0.903. The van der Waals surface area contributed by atoms with Crippen LogP contribution in [0.15, 0.2) is 34.9 Å². The van der Waals surface area contributed by atoms with E-state index < -0.39 is 0 Å². The van der Waals surface area contributed by atoms with Crippen molar-refractivity contribution in [2.45, 2.75) is 25.4 Å². The maximum Gasteiger partial charge on any atom is 0.257 e. The zero-order valence-corrected chi connectivity index (χ0v) is 11.4. The van der Waals surface area contributed by atoms with Crippen LogP contribution in [0.4, 0.5) is 0 Å². The van der Waals surface area contributed by atoms with Crippen LogP contribution < -0.4 is 5.32 Å². The van der Waals surface area contributed by atoms with Crippen molar-refractivity contribution in [1.29, 1.82) is 0 Å². The second-order valence-electron chi connectivity index (χ2n) is 4.97. The van der Waals surface area contributed by atoms with E-state index in [4.69, 9.17) is 9.26 Å². The highest BCUT2D eigenvalue weighted by Gasteiger charge is 2.14. The molecule has 1 saturated heterocycles. The Bertz CT molecular complexity index is 521. The fraction of sp³-hybridized carbons (Fsp3) is 0.467. The Hall–Kier alpha value is -1.72. The summed E-state index contributed by atoms with van der Waals surface area (Å²) in [7, 11) is 0. The number of ether oxygens (including phenoxy) is 1. The molecule has 0 bridgehead atoms. The van der Waals surface area contributed by atoms with Gasteiger partial charge in [0, 0.05) is 18.5 Å². The van der Waals surface area contributed by atoms with E-state index in [0.717, 1.165) is 25.1 Å². The van der Waals surface area contributed by atoms with Crippen molar-refractivity contribution in [2.24, 2.45) is 0 Å². The summed E-state index contributed by atoms with van der Waals surface area (Å²) in [6.45, 7) is 2.69. The molecule has 1 atom stereocenters. The molecule has 0 spiro atoms. The van der Waals surface area contributed by atoms with E-state index in [9.17, 15) is 0 Å². The molecule has 20 heavy (non-hydrogen) atoms. The summed E-state index contributed by atoms with van der Waals surface area (Å²) in [4.78, 5) is 4.39. The summed E-state index contributed by atoms with van der Waals surface area (Å²) in [6, 6.07) is 9.80. The molecule has 0 saturated carbocycles. The first-order valence-corrected chi connectivity index (χ1v) is 7.12. The topological polar surface area (TPSA) is 60.2 Å². The van der Waals surface area contributed by atoms with Crippen molar-refractivity contribution in [3.63, 3.8) is 0 Å². The molecule has 1 N–H and O–H groups in total. The van der Waals surface area contributed by atoms with E-state index in [1.54, 1.807) is 0 Å². The summed E-state index contributed by atoms with van der Waals surface area (Å²) in [6.07, 6.45) is 3.33. The molecule has 2 heterocycles. The third-order valence-electron chi connectivity index (χ3n) is 3.42. The highest BCUT2D eigenvalue weighted by Crippen LogP contribution is 2.16. The largest absolute Gasteiger partial charge is 0.376 e. The molecule has 5 nitrogen and oxygen atoms in total. The van der Waals surface area contributed by atoms with Gasteiger partial charge < -0.3 is 14.6 Å². The van der Waals surface area contributed by atoms with Crippen LogP contribution in [0, 0.1) is 0 Å². The smallest absolute Gasteiger partial charge is 0.257 e. The number of aromatic nitrogens is 2. The van der Waals surface area contributed by atoms with Crippen LogP contribution in [0.25, 0.3) is 11.5 Å². The molecule has 5 heteroatoms. The van der Waals surface area contributed by atoms with Crippen molar-refractivity contribution in [2.75, 3.05) is 19.7 Å². The average Bonchev–Trinajstić information content (AvgIpc) is 2.98. The first kappa shape index (κ1) is 13.3. The Labute approximate surface area is 118 Å². The Balaban J connectivity index is 1.50. The molecular weight excluding hydrogens is 254 g/mol. The van der Waals surface area contributed by atoms with Crippen LogP contribution in [0.2, 0.25) is 0 Å². The van der Waals surface area contributed by atoms with Gasteiger partial charge in [-0.2, -0.15) is 4.98 Å². The monoisotopic (exact) mass is 273 g/mol. The van der Waals surface area contributed by atoms with E-state index >= 15 is 0 Å². The van der Waals surface area contributed by atoms with Gasteiger partial charge in [-0.05, 0) is 31.5 Å². The van der Waals surface area contributed by atoms with Gasteiger partial charge in [0.1, 0.15) is 0 Å². The number of rotatable bonds is 5. The molecule has 2 aromatic rings. The van der Waals surface area contributed by atoms with Crippen molar-refractivity contribution >= 4 is 0 Å². The lowest BCUT2D eigenvalue weighted by molar-refractivity contribution is 0.0381. The molecule has 0 aliphatic carbocycles. The summed E-state index contributed by atoms with van der Waals surface area (Å²) in [5.41, 5.74) is 0.948. The molecule has 1 fully saturated rings. The van der Waals surface area contributed by atoms with E-state index in [1.165, 1.54) is 6.42 Å². The molecule has 3 rings (SSSR count). The SMILES string of the molecule is c1ccc(-c2nc(CCOC3CCCNC3)no2)cc1. The molecule has 1 aliphatic rings. The van der Waals surface area contributed by atoms with Gasteiger partial charge in [0.05, 0.1) is 12.7 Å². The van der Waals surface area contributed by atoms with Crippen LogP contribution >= 0.6 is 0 Å². The molecular formula is C15H19N3O2. The van der Waals surface area contributed by atoms with Gasteiger partial charge in [-0.25, -0.2) is 0 Å². The minimum absolute atomic E-state index is 0.323. The lowest BCUT2D eigenvalue weighted by Crippen LogP contribution is -2.35. The Kier molecular flexibility index (Phi) is 4.40. The number of hydrogen-bond acceptors (Lipinski definition) is 5. The molecule has 106 valence electrons. The van der Waals surface area contributed by atoms with E-state index in [1.807, 2.05) is 30.3 Å². The van der Waals surface area contributed by atoms with Crippen LogP contribution in [-0.2, 0) is 11.2 Å². The first-order chi connectivity index (χ1) is 9.92. The Morgan fingerprint density at radius 3 is 3.00 bits per heavy atom. The first-order valence-electron chi connectivity index (χ1n) is 7.12. The maximum absolute atomic E-state index is 5.82. The predicted molar refractivity (Wildman–Crippen MR) is 75.3 cm³/mol. The molecule has 0 amide bonds. The average molecular weight is 273 g/mol. The number of piperidine rings is 1. The zero-order chi connectivity index (χ0) is 13.6. The maximum atomic E-state index is 5.82. The fourth-order valence-corrected chi connectivity index (χ4v) is 2.33. The number of benzene rings is 1. The Morgan fingerprint density at radius 2 is 2.20 bits per heavy atom. The van der Waals surface area contributed by atoms with Crippen molar-refractivity contribution in [1.82, 2.24) is 15.5 Å². The Morgan fingerprint density at radius 1 is 1.30 bits per heavy atom. The van der Waals surface area contributed by atoms with Gasteiger partial charge in [-0.1, -0.05) is 23.4 Å². The summed E-state index contributed by atoms with van der Waals surface area (Å²) in [5, 5.41) is 7.33. The lowest BCUT2D eigenvalue weighted by Gasteiger charge is -2.22. The van der Waals surface area contributed by atoms with Crippen LogP contribution in [0.5, 0.6) is 0 Å². The molecule has 1 aromatic heterocycles. The van der Waals surface area contributed by atoms with E-state index in [-0.39, 0.29) is 0 Å². The zero-order valence-electron chi connectivity index (χ0n) is 11.4. The van der Waals surface area contributed by atoms with Crippen LogP contribution in [-0.4, -0.2) is 35.9 Å². The molecule has 1 aromatic carbocycles. The molecule has 1 unspecified atom stereocenters. The van der Waals surface area contributed by atoms with E-state index in [0.29, 0.717) is 30.8 Å². The van der Waals surface area contributed by atoms with Gasteiger partial charge in [0.2, 0.25) is 0 Å². The number of nitrogens with one attached hydrogen (secondary N) is 1. The van der Waals surface area contributed by atoms with E-state index in [2.05, 4.69) is 15.5 Å². The number of hydrogen-bond donors (Lipinski definition) is 1. The molecule has 0 radical (unpaired) electrons. The minimum atomic E-state index is 0.323. The van der Waals surface area contributed by atoms with Gasteiger partial charge >= 0.3 is 0 Å². The second-order valence-corrected chi connectivity index (χ2v) is 4.97. The molecule has 1 aliphatic heterocycles. The normalized spacial score (nSPS) is 19.1. The summed E-state index contributed by atoms with van der Waals surface area (Å²) >= 11 is 0. The highest BCUT2D eigenvalue weighted by atomic mass is 16.5.